The van der Waals surface area contributed by atoms with Crippen molar-refractivity contribution in [2.75, 3.05) is 0 Å². The van der Waals surface area contributed by atoms with Crippen molar-refractivity contribution in [3.63, 3.8) is 0 Å². The molecule has 0 spiro atoms. The van der Waals surface area contributed by atoms with Gasteiger partial charge < -0.3 is 9.67 Å². The first kappa shape index (κ1) is 17.9. The van der Waals surface area contributed by atoms with Crippen LogP contribution in [0.15, 0.2) is 60.9 Å². The molecule has 144 valence electrons. The molecule has 5 rings (SSSR count). The van der Waals surface area contributed by atoms with Crippen LogP contribution < -0.4 is 0 Å². The summed E-state index contributed by atoms with van der Waals surface area (Å²) in [5, 5.41) is 12.7. The van der Waals surface area contributed by atoms with Crippen molar-refractivity contribution in [1.82, 2.24) is 14.5 Å². The largest absolute Gasteiger partial charge is 0.477 e. The van der Waals surface area contributed by atoms with Crippen LogP contribution in [0.2, 0.25) is 5.02 Å². The van der Waals surface area contributed by atoms with Crippen molar-refractivity contribution in [3.05, 3.63) is 82.9 Å². The molecule has 4 aromatic rings. The lowest BCUT2D eigenvalue weighted by Crippen LogP contribution is -2.12. The Hall–Kier alpha value is -3.18. The number of nitrogens with zero attached hydrogens (tertiary/aromatic N) is 3. The van der Waals surface area contributed by atoms with Gasteiger partial charge in [-0.2, -0.15) is 0 Å². The Morgan fingerprint density at radius 3 is 2.69 bits per heavy atom. The average Bonchev–Trinajstić information content (AvgIpc) is 3.49. The molecule has 0 unspecified atom stereocenters. The fraction of sp³-hybridized carbons (Fsp3) is 0.174. The maximum absolute atomic E-state index is 12.2. The van der Waals surface area contributed by atoms with E-state index >= 15 is 0 Å². The van der Waals surface area contributed by atoms with E-state index in [2.05, 4.69) is 23.2 Å². The van der Waals surface area contributed by atoms with Crippen LogP contribution in [-0.4, -0.2) is 25.6 Å². The number of carboxylic acids is 1. The molecule has 29 heavy (non-hydrogen) atoms. The summed E-state index contributed by atoms with van der Waals surface area (Å²) < 4.78 is 1.80. The van der Waals surface area contributed by atoms with Gasteiger partial charge in [-0.05, 0) is 35.2 Å². The molecule has 1 N–H and O–H groups in total. The van der Waals surface area contributed by atoms with E-state index in [9.17, 15) is 9.90 Å². The second-order valence-corrected chi connectivity index (χ2v) is 7.80. The third kappa shape index (κ3) is 3.28. The van der Waals surface area contributed by atoms with Crippen LogP contribution in [0.1, 0.15) is 40.5 Å². The first-order chi connectivity index (χ1) is 14.1. The standard InChI is InChI=1S/C23H18ClN3O2/c24-18-10-17(11-25-12-18)22-26-20(15-8-9-15)21(23(28)29)27(22)13-16-6-3-5-14-4-1-2-7-19(14)16/h1-7,10-12,15H,8-9,13H2,(H,28,29). The molecule has 5 nitrogen and oxygen atoms in total. The van der Waals surface area contributed by atoms with Crippen LogP contribution >= 0.6 is 11.6 Å². The second kappa shape index (κ2) is 7.01. The SMILES string of the molecule is O=C(O)c1c(C2CC2)nc(-c2cncc(Cl)c2)n1Cc1cccc2ccccc12. The maximum atomic E-state index is 12.2. The van der Waals surface area contributed by atoms with E-state index in [4.69, 9.17) is 16.6 Å². The van der Waals surface area contributed by atoms with Crippen molar-refractivity contribution >= 4 is 28.3 Å². The number of carboxylic acid groups (broad SMARTS) is 1. The molecule has 0 amide bonds. The summed E-state index contributed by atoms with van der Waals surface area (Å²) in [6, 6.07) is 16.0. The molecule has 0 radical (unpaired) electrons. The van der Waals surface area contributed by atoms with Gasteiger partial charge in [0.15, 0.2) is 5.69 Å². The van der Waals surface area contributed by atoms with E-state index in [-0.39, 0.29) is 11.6 Å². The predicted octanol–water partition coefficient (Wildman–Crippen LogP) is 5.38. The van der Waals surface area contributed by atoms with Crippen LogP contribution in [0.25, 0.3) is 22.2 Å². The third-order valence-corrected chi connectivity index (χ3v) is 5.54. The second-order valence-electron chi connectivity index (χ2n) is 7.36. The fourth-order valence-electron chi connectivity index (χ4n) is 3.85. The number of halogens is 1. The monoisotopic (exact) mass is 403 g/mol. The number of fused-ring (bicyclic) bond motifs is 1. The van der Waals surface area contributed by atoms with Crippen molar-refractivity contribution in [2.24, 2.45) is 0 Å². The Morgan fingerprint density at radius 1 is 1.14 bits per heavy atom. The van der Waals surface area contributed by atoms with Gasteiger partial charge in [0.25, 0.3) is 0 Å². The molecule has 6 heteroatoms. The summed E-state index contributed by atoms with van der Waals surface area (Å²) in [4.78, 5) is 21.2. The highest BCUT2D eigenvalue weighted by Gasteiger charge is 2.34. The quantitative estimate of drug-likeness (QED) is 0.486. The number of imidazole rings is 1. The molecule has 1 fully saturated rings. The first-order valence-electron chi connectivity index (χ1n) is 9.53. The molecule has 1 aliphatic carbocycles. The lowest BCUT2D eigenvalue weighted by Gasteiger charge is -2.13. The number of aromatic carboxylic acids is 1. The number of aromatic nitrogens is 3. The highest BCUT2D eigenvalue weighted by molar-refractivity contribution is 6.30. The van der Waals surface area contributed by atoms with Gasteiger partial charge in [-0.1, -0.05) is 54.1 Å². The summed E-state index contributed by atoms with van der Waals surface area (Å²) in [6.45, 7) is 0.407. The zero-order valence-electron chi connectivity index (χ0n) is 15.5. The summed E-state index contributed by atoms with van der Waals surface area (Å²) in [5.41, 5.74) is 2.68. The predicted molar refractivity (Wildman–Crippen MR) is 112 cm³/mol. The highest BCUT2D eigenvalue weighted by Crippen LogP contribution is 2.43. The number of hydrogen-bond acceptors (Lipinski definition) is 3. The van der Waals surface area contributed by atoms with E-state index in [1.807, 2.05) is 24.3 Å². The summed E-state index contributed by atoms with van der Waals surface area (Å²) in [6.07, 6.45) is 5.18. The van der Waals surface area contributed by atoms with Crippen LogP contribution in [0.4, 0.5) is 0 Å². The Bertz CT molecular complexity index is 1240. The number of benzene rings is 2. The maximum Gasteiger partial charge on any atom is 0.354 e. The minimum Gasteiger partial charge on any atom is -0.477 e. The number of rotatable bonds is 5. The molecule has 0 bridgehead atoms. The van der Waals surface area contributed by atoms with E-state index in [0.717, 1.165) is 29.2 Å². The Labute approximate surface area is 172 Å². The zero-order chi connectivity index (χ0) is 20.0. The average molecular weight is 404 g/mol. The van der Waals surface area contributed by atoms with E-state index in [0.29, 0.717) is 28.6 Å². The van der Waals surface area contributed by atoms with Gasteiger partial charge in [0.1, 0.15) is 5.82 Å². The fourth-order valence-corrected chi connectivity index (χ4v) is 4.02. The first-order valence-corrected chi connectivity index (χ1v) is 9.91. The molecule has 0 atom stereocenters. The molecule has 0 aliphatic heterocycles. The van der Waals surface area contributed by atoms with Gasteiger partial charge in [-0.15, -0.1) is 0 Å². The van der Waals surface area contributed by atoms with Gasteiger partial charge in [-0.3, -0.25) is 4.98 Å². The van der Waals surface area contributed by atoms with Crippen molar-refractivity contribution in [3.8, 4) is 11.4 Å². The minimum atomic E-state index is -0.958. The molecule has 2 aromatic carbocycles. The summed E-state index contributed by atoms with van der Waals surface area (Å²) >= 11 is 6.15. The van der Waals surface area contributed by atoms with Crippen LogP contribution in [0.3, 0.4) is 0 Å². The summed E-state index contributed by atoms with van der Waals surface area (Å²) in [5.74, 6) is -0.158. The zero-order valence-corrected chi connectivity index (χ0v) is 16.3. The minimum absolute atomic E-state index is 0.209. The van der Waals surface area contributed by atoms with Crippen molar-refractivity contribution < 1.29 is 9.90 Å². The number of hydrogen-bond donors (Lipinski definition) is 1. The molecule has 0 saturated heterocycles. The highest BCUT2D eigenvalue weighted by atomic mass is 35.5. The van der Waals surface area contributed by atoms with Gasteiger partial charge >= 0.3 is 5.97 Å². The van der Waals surface area contributed by atoms with Gasteiger partial charge in [0.05, 0.1) is 17.3 Å². The molecule has 2 heterocycles. The topological polar surface area (TPSA) is 68.0 Å². The molecular weight excluding hydrogens is 386 g/mol. The number of pyridine rings is 1. The number of carbonyl (C=O) groups is 1. The van der Waals surface area contributed by atoms with Crippen LogP contribution in [-0.2, 0) is 6.54 Å². The van der Waals surface area contributed by atoms with E-state index < -0.39 is 5.97 Å². The van der Waals surface area contributed by atoms with Gasteiger partial charge in [0.2, 0.25) is 0 Å². The Kier molecular flexibility index (Phi) is 4.32. The third-order valence-electron chi connectivity index (χ3n) is 5.33. The molecule has 1 aliphatic rings. The van der Waals surface area contributed by atoms with E-state index in [1.54, 1.807) is 23.0 Å². The molecule has 2 aromatic heterocycles. The van der Waals surface area contributed by atoms with Gasteiger partial charge in [0, 0.05) is 23.9 Å². The molecular formula is C23H18ClN3O2. The van der Waals surface area contributed by atoms with E-state index in [1.165, 1.54) is 0 Å². The smallest absolute Gasteiger partial charge is 0.354 e. The Balaban J connectivity index is 1.72. The van der Waals surface area contributed by atoms with Crippen LogP contribution in [0, 0.1) is 0 Å². The summed E-state index contributed by atoms with van der Waals surface area (Å²) in [7, 11) is 0. The molecule has 1 saturated carbocycles. The lowest BCUT2D eigenvalue weighted by atomic mass is 10.0. The van der Waals surface area contributed by atoms with Gasteiger partial charge in [-0.25, -0.2) is 9.78 Å². The Morgan fingerprint density at radius 2 is 1.93 bits per heavy atom. The normalized spacial score (nSPS) is 13.7. The van der Waals surface area contributed by atoms with Crippen LogP contribution in [0.5, 0.6) is 0 Å². The van der Waals surface area contributed by atoms with Crippen molar-refractivity contribution in [1.29, 1.82) is 0 Å². The van der Waals surface area contributed by atoms with Crippen molar-refractivity contribution in [2.45, 2.75) is 25.3 Å². The lowest BCUT2D eigenvalue weighted by molar-refractivity contribution is 0.0684.